The highest BCUT2D eigenvalue weighted by Gasteiger charge is 2.23. The summed E-state index contributed by atoms with van der Waals surface area (Å²) < 4.78 is 1.68. The van der Waals surface area contributed by atoms with E-state index < -0.39 is 0 Å². The van der Waals surface area contributed by atoms with Crippen molar-refractivity contribution in [2.75, 3.05) is 0 Å². The van der Waals surface area contributed by atoms with Crippen LogP contribution < -0.4 is 5.32 Å². The Hall–Kier alpha value is -2.11. The standard InChI is InChI=1S/C16H23N5O/c1-10(2)6-13-8-15(21(3)20-13)16(22)18-12-4-5-14-11(7-12)9-17-19-14/h8-10,12H,4-7H2,1-3H3,(H,17,19)(H,18,22)/t12-/m1/s1. The number of rotatable bonds is 4. The van der Waals surface area contributed by atoms with Crippen molar-refractivity contribution in [1.29, 1.82) is 0 Å². The van der Waals surface area contributed by atoms with Crippen LogP contribution in [0.1, 0.15) is 47.7 Å². The van der Waals surface area contributed by atoms with E-state index in [0.29, 0.717) is 11.6 Å². The van der Waals surface area contributed by atoms with Gasteiger partial charge in [0, 0.05) is 18.8 Å². The molecular formula is C16H23N5O. The molecule has 22 heavy (non-hydrogen) atoms. The van der Waals surface area contributed by atoms with Crippen LogP contribution in [0.4, 0.5) is 0 Å². The third-order valence-electron chi connectivity index (χ3n) is 4.13. The van der Waals surface area contributed by atoms with Crippen LogP contribution in [0.2, 0.25) is 0 Å². The molecule has 0 unspecified atom stereocenters. The molecule has 6 heteroatoms. The van der Waals surface area contributed by atoms with Gasteiger partial charge in [0.25, 0.3) is 5.91 Å². The number of aryl methyl sites for hydroxylation is 2. The Kier molecular flexibility index (Phi) is 4.00. The lowest BCUT2D eigenvalue weighted by molar-refractivity contribution is 0.0924. The van der Waals surface area contributed by atoms with Gasteiger partial charge in [-0.05, 0) is 43.2 Å². The molecule has 0 aromatic carbocycles. The van der Waals surface area contributed by atoms with Gasteiger partial charge in [0.15, 0.2) is 0 Å². The Morgan fingerprint density at radius 3 is 3.14 bits per heavy atom. The Bertz CT molecular complexity index is 670. The second-order valence-corrected chi connectivity index (χ2v) is 6.53. The van der Waals surface area contributed by atoms with Gasteiger partial charge in [0.2, 0.25) is 0 Å². The first-order valence-corrected chi connectivity index (χ1v) is 7.88. The van der Waals surface area contributed by atoms with Crippen molar-refractivity contribution >= 4 is 5.91 Å². The molecule has 0 fully saturated rings. The SMILES string of the molecule is CC(C)Cc1cc(C(=O)N[C@@H]2CCc3[nH]ncc3C2)n(C)n1. The number of aromatic amines is 1. The second kappa shape index (κ2) is 5.94. The number of aromatic nitrogens is 4. The summed E-state index contributed by atoms with van der Waals surface area (Å²) in [6.07, 6.45) is 5.47. The van der Waals surface area contributed by atoms with E-state index >= 15 is 0 Å². The topological polar surface area (TPSA) is 75.6 Å². The molecule has 0 aliphatic heterocycles. The smallest absolute Gasteiger partial charge is 0.269 e. The Labute approximate surface area is 130 Å². The molecule has 1 amide bonds. The molecular weight excluding hydrogens is 278 g/mol. The fourth-order valence-electron chi connectivity index (χ4n) is 3.06. The fraction of sp³-hybridized carbons (Fsp3) is 0.562. The summed E-state index contributed by atoms with van der Waals surface area (Å²) in [6.45, 7) is 4.30. The first-order valence-electron chi connectivity index (χ1n) is 7.88. The molecule has 0 bridgehead atoms. The number of nitrogens with one attached hydrogen (secondary N) is 2. The molecule has 2 aromatic heterocycles. The molecule has 0 radical (unpaired) electrons. The molecule has 2 heterocycles. The summed E-state index contributed by atoms with van der Waals surface area (Å²) in [5, 5.41) is 14.7. The third-order valence-corrected chi connectivity index (χ3v) is 4.13. The first-order chi connectivity index (χ1) is 10.5. The van der Waals surface area contributed by atoms with Crippen LogP contribution in [0.5, 0.6) is 0 Å². The fourth-order valence-corrected chi connectivity index (χ4v) is 3.06. The van der Waals surface area contributed by atoms with E-state index in [9.17, 15) is 4.79 Å². The number of carbonyl (C=O) groups is 1. The van der Waals surface area contributed by atoms with E-state index in [1.807, 2.05) is 19.3 Å². The number of hydrogen-bond donors (Lipinski definition) is 2. The van der Waals surface area contributed by atoms with Crippen LogP contribution in [-0.2, 0) is 26.3 Å². The predicted molar refractivity (Wildman–Crippen MR) is 83.6 cm³/mol. The Morgan fingerprint density at radius 1 is 1.55 bits per heavy atom. The number of amides is 1. The monoisotopic (exact) mass is 301 g/mol. The minimum Gasteiger partial charge on any atom is -0.348 e. The van der Waals surface area contributed by atoms with Crippen molar-refractivity contribution in [3.63, 3.8) is 0 Å². The van der Waals surface area contributed by atoms with Crippen molar-refractivity contribution in [2.24, 2.45) is 13.0 Å². The summed E-state index contributed by atoms with van der Waals surface area (Å²) in [6, 6.07) is 2.07. The average Bonchev–Trinajstić information content (AvgIpc) is 3.04. The quantitative estimate of drug-likeness (QED) is 0.901. The highest BCUT2D eigenvalue weighted by atomic mass is 16.2. The van der Waals surface area contributed by atoms with Crippen molar-refractivity contribution in [2.45, 2.75) is 45.6 Å². The van der Waals surface area contributed by atoms with Gasteiger partial charge >= 0.3 is 0 Å². The molecule has 2 N–H and O–H groups in total. The molecule has 1 aliphatic rings. The zero-order chi connectivity index (χ0) is 15.7. The van der Waals surface area contributed by atoms with E-state index in [2.05, 4.69) is 34.5 Å². The summed E-state index contributed by atoms with van der Waals surface area (Å²) in [7, 11) is 1.83. The lowest BCUT2D eigenvalue weighted by atomic mass is 9.93. The van der Waals surface area contributed by atoms with Crippen molar-refractivity contribution in [3.05, 3.63) is 34.9 Å². The van der Waals surface area contributed by atoms with Crippen LogP contribution >= 0.6 is 0 Å². The average molecular weight is 301 g/mol. The van der Waals surface area contributed by atoms with Crippen LogP contribution in [0, 0.1) is 5.92 Å². The van der Waals surface area contributed by atoms with Gasteiger partial charge in [-0.2, -0.15) is 10.2 Å². The van der Waals surface area contributed by atoms with Gasteiger partial charge in [-0.3, -0.25) is 14.6 Å². The zero-order valence-electron chi connectivity index (χ0n) is 13.4. The first kappa shape index (κ1) is 14.8. The molecule has 0 spiro atoms. The van der Waals surface area contributed by atoms with E-state index in [1.54, 1.807) is 4.68 Å². The largest absolute Gasteiger partial charge is 0.348 e. The number of nitrogens with zero attached hydrogens (tertiary/aromatic N) is 3. The summed E-state index contributed by atoms with van der Waals surface area (Å²) in [4.78, 5) is 12.5. The van der Waals surface area contributed by atoms with Gasteiger partial charge in [-0.15, -0.1) is 0 Å². The summed E-state index contributed by atoms with van der Waals surface area (Å²) >= 11 is 0. The van der Waals surface area contributed by atoms with Crippen molar-refractivity contribution < 1.29 is 4.79 Å². The van der Waals surface area contributed by atoms with Gasteiger partial charge in [-0.1, -0.05) is 13.8 Å². The molecule has 1 aliphatic carbocycles. The molecule has 0 saturated carbocycles. The second-order valence-electron chi connectivity index (χ2n) is 6.53. The number of hydrogen-bond acceptors (Lipinski definition) is 3. The molecule has 1 atom stereocenters. The van der Waals surface area contributed by atoms with Crippen LogP contribution in [0.15, 0.2) is 12.3 Å². The summed E-state index contributed by atoms with van der Waals surface area (Å²) in [5.74, 6) is 0.491. The lowest BCUT2D eigenvalue weighted by Gasteiger charge is -2.22. The van der Waals surface area contributed by atoms with Crippen molar-refractivity contribution in [3.8, 4) is 0 Å². The minimum atomic E-state index is -0.0399. The van der Waals surface area contributed by atoms with Crippen LogP contribution in [-0.4, -0.2) is 31.9 Å². The highest BCUT2D eigenvalue weighted by molar-refractivity contribution is 5.92. The van der Waals surface area contributed by atoms with Gasteiger partial charge in [0.05, 0.1) is 11.9 Å². The Morgan fingerprint density at radius 2 is 2.36 bits per heavy atom. The van der Waals surface area contributed by atoms with Gasteiger partial charge in [0.1, 0.15) is 5.69 Å². The number of H-pyrrole nitrogens is 1. The molecule has 118 valence electrons. The third kappa shape index (κ3) is 3.05. The molecule has 2 aromatic rings. The minimum absolute atomic E-state index is 0.0399. The maximum absolute atomic E-state index is 12.5. The van der Waals surface area contributed by atoms with E-state index in [-0.39, 0.29) is 11.9 Å². The summed E-state index contributed by atoms with van der Waals surface area (Å²) in [5.41, 5.74) is 4.02. The van der Waals surface area contributed by atoms with E-state index in [1.165, 1.54) is 11.3 Å². The van der Waals surface area contributed by atoms with E-state index in [0.717, 1.165) is 31.4 Å². The van der Waals surface area contributed by atoms with Gasteiger partial charge in [-0.25, -0.2) is 0 Å². The maximum atomic E-state index is 12.5. The predicted octanol–water partition coefficient (Wildman–Crippen LogP) is 1.63. The van der Waals surface area contributed by atoms with Gasteiger partial charge < -0.3 is 5.32 Å². The van der Waals surface area contributed by atoms with E-state index in [4.69, 9.17) is 0 Å². The Balaban J connectivity index is 1.66. The normalized spacial score (nSPS) is 17.5. The maximum Gasteiger partial charge on any atom is 0.269 e. The van der Waals surface area contributed by atoms with Crippen LogP contribution in [0.25, 0.3) is 0 Å². The molecule has 0 saturated heterocycles. The highest BCUT2D eigenvalue weighted by Crippen LogP contribution is 2.19. The molecule has 6 nitrogen and oxygen atoms in total. The zero-order valence-corrected chi connectivity index (χ0v) is 13.4. The lowest BCUT2D eigenvalue weighted by Crippen LogP contribution is -2.39. The molecule has 3 rings (SSSR count). The van der Waals surface area contributed by atoms with Crippen molar-refractivity contribution in [1.82, 2.24) is 25.3 Å². The number of fused-ring (bicyclic) bond motifs is 1. The number of carbonyl (C=O) groups excluding carboxylic acids is 1. The van der Waals surface area contributed by atoms with Crippen LogP contribution in [0.3, 0.4) is 0 Å².